The number of carbonyl (C=O) groups is 1. The molecule has 116 valence electrons. The number of pyridine rings is 1. The van der Waals surface area contributed by atoms with Gasteiger partial charge in [0.2, 0.25) is 0 Å². The Morgan fingerprint density at radius 3 is 2.73 bits per heavy atom. The van der Waals surface area contributed by atoms with E-state index < -0.39 is 0 Å². The summed E-state index contributed by atoms with van der Waals surface area (Å²) in [4.78, 5) is 24.4. The van der Waals surface area contributed by atoms with Gasteiger partial charge in [-0.05, 0) is 32.9 Å². The second-order valence-corrected chi connectivity index (χ2v) is 5.01. The summed E-state index contributed by atoms with van der Waals surface area (Å²) in [5.41, 5.74) is 1.76. The van der Waals surface area contributed by atoms with Crippen LogP contribution in [0.1, 0.15) is 26.0 Å². The van der Waals surface area contributed by atoms with E-state index in [4.69, 9.17) is 4.74 Å². The largest absolute Gasteiger partial charge is 0.466 e. The summed E-state index contributed by atoms with van der Waals surface area (Å²) in [6, 6.07) is 5.51. The average molecular weight is 300 g/mol. The Hall–Kier alpha value is -2.50. The zero-order valence-electron chi connectivity index (χ0n) is 13.0. The molecule has 0 fully saturated rings. The fraction of sp³-hybridized carbons (Fsp3) is 0.375. The van der Waals surface area contributed by atoms with Crippen molar-refractivity contribution in [1.82, 2.24) is 15.0 Å². The Labute approximate surface area is 130 Å². The van der Waals surface area contributed by atoms with E-state index in [1.165, 1.54) is 0 Å². The SMILES string of the molecule is CCOC(=O)CC(C)Nc1cc(C)nc(-c2ccncc2)n1. The van der Waals surface area contributed by atoms with Gasteiger partial charge in [-0.25, -0.2) is 9.97 Å². The summed E-state index contributed by atoms with van der Waals surface area (Å²) in [5, 5.41) is 3.21. The summed E-state index contributed by atoms with van der Waals surface area (Å²) in [6.45, 7) is 6.02. The Bertz CT molecular complexity index is 631. The van der Waals surface area contributed by atoms with Gasteiger partial charge in [0, 0.05) is 35.8 Å². The van der Waals surface area contributed by atoms with Crippen LogP contribution in [0.2, 0.25) is 0 Å². The van der Waals surface area contributed by atoms with Crippen molar-refractivity contribution in [2.45, 2.75) is 33.2 Å². The fourth-order valence-electron chi connectivity index (χ4n) is 2.05. The van der Waals surface area contributed by atoms with Gasteiger partial charge in [0.1, 0.15) is 5.82 Å². The number of hydrogen-bond acceptors (Lipinski definition) is 6. The lowest BCUT2D eigenvalue weighted by Gasteiger charge is -2.14. The molecule has 6 heteroatoms. The van der Waals surface area contributed by atoms with E-state index in [2.05, 4.69) is 20.3 Å². The van der Waals surface area contributed by atoms with Crippen molar-refractivity contribution in [2.24, 2.45) is 0 Å². The molecule has 2 heterocycles. The van der Waals surface area contributed by atoms with Crippen molar-refractivity contribution >= 4 is 11.8 Å². The van der Waals surface area contributed by atoms with Crippen LogP contribution in [0.15, 0.2) is 30.6 Å². The first-order valence-corrected chi connectivity index (χ1v) is 7.26. The van der Waals surface area contributed by atoms with E-state index in [-0.39, 0.29) is 12.0 Å². The second kappa shape index (κ2) is 7.49. The first-order valence-electron chi connectivity index (χ1n) is 7.26. The molecule has 0 saturated heterocycles. The van der Waals surface area contributed by atoms with Crippen LogP contribution >= 0.6 is 0 Å². The molecular weight excluding hydrogens is 280 g/mol. The number of aryl methyl sites for hydroxylation is 1. The minimum Gasteiger partial charge on any atom is -0.466 e. The lowest BCUT2D eigenvalue weighted by molar-refractivity contribution is -0.143. The summed E-state index contributed by atoms with van der Waals surface area (Å²) >= 11 is 0. The Kier molecular flexibility index (Phi) is 5.41. The highest BCUT2D eigenvalue weighted by Crippen LogP contribution is 2.17. The molecule has 0 aliphatic heterocycles. The predicted molar refractivity (Wildman–Crippen MR) is 84.3 cm³/mol. The molecule has 2 aromatic heterocycles. The molecule has 0 aromatic carbocycles. The van der Waals surface area contributed by atoms with Crippen molar-refractivity contribution in [3.63, 3.8) is 0 Å². The molecule has 0 aliphatic carbocycles. The van der Waals surface area contributed by atoms with Crippen molar-refractivity contribution in [3.05, 3.63) is 36.3 Å². The third-order valence-electron chi connectivity index (χ3n) is 2.97. The van der Waals surface area contributed by atoms with Gasteiger partial charge < -0.3 is 10.1 Å². The highest BCUT2D eigenvalue weighted by molar-refractivity contribution is 5.70. The van der Waals surface area contributed by atoms with E-state index in [1.54, 1.807) is 19.3 Å². The van der Waals surface area contributed by atoms with Crippen LogP contribution in [0.4, 0.5) is 5.82 Å². The second-order valence-electron chi connectivity index (χ2n) is 5.01. The van der Waals surface area contributed by atoms with Crippen LogP contribution in [0.3, 0.4) is 0 Å². The Morgan fingerprint density at radius 2 is 2.05 bits per heavy atom. The number of ether oxygens (including phenoxy) is 1. The molecule has 0 bridgehead atoms. The molecule has 1 unspecified atom stereocenters. The minimum atomic E-state index is -0.220. The smallest absolute Gasteiger partial charge is 0.307 e. The Morgan fingerprint density at radius 1 is 1.32 bits per heavy atom. The van der Waals surface area contributed by atoms with Crippen LogP contribution < -0.4 is 5.32 Å². The summed E-state index contributed by atoms with van der Waals surface area (Å²) in [5.74, 6) is 1.10. The minimum absolute atomic E-state index is 0.0707. The van der Waals surface area contributed by atoms with Crippen LogP contribution in [0.25, 0.3) is 11.4 Å². The average Bonchev–Trinajstić information content (AvgIpc) is 2.47. The molecule has 1 atom stereocenters. The van der Waals surface area contributed by atoms with E-state index >= 15 is 0 Å². The predicted octanol–water partition coefficient (Wildman–Crippen LogP) is 2.60. The first-order chi connectivity index (χ1) is 10.6. The van der Waals surface area contributed by atoms with Crippen LogP contribution in [-0.2, 0) is 9.53 Å². The van der Waals surface area contributed by atoms with Crippen molar-refractivity contribution < 1.29 is 9.53 Å². The van der Waals surface area contributed by atoms with Gasteiger partial charge in [-0.2, -0.15) is 0 Å². The number of aromatic nitrogens is 3. The molecular formula is C16H20N4O2. The van der Waals surface area contributed by atoms with E-state index in [0.29, 0.717) is 24.7 Å². The van der Waals surface area contributed by atoms with Gasteiger partial charge in [0.15, 0.2) is 5.82 Å². The van der Waals surface area contributed by atoms with Crippen LogP contribution in [0, 0.1) is 6.92 Å². The number of nitrogens with one attached hydrogen (secondary N) is 1. The normalized spacial score (nSPS) is 11.8. The van der Waals surface area contributed by atoms with E-state index in [9.17, 15) is 4.79 Å². The van der Waals surface area contributed by atoms with Gasteiger partial charge >= 0.3 is 5.97 Å². The molecule has 0 aliphatic rings. The molecule has 0 radical (unpaired) electrons. The molecule has 1 N–H and O–H groups in total. The lowest BCUT2D eigenvalue weighted by Crippen LogP contribution is -2.21. The van der Waals surface area contributed by atoms with Crippen LogP contribution in [0.5, 0.6) is 0 Å². The number of anilines is 1. The van der Waals surface area contributed by atoms with Gasteiger partial charge in [-0.15, -0.1) is 0 Å². The maximum absolute atomic E-state index is 11.5. The number of hydrogen-bond donors (Lipinski definition) is 1. The van der Waals surface area contributed by atoms with E-state index in [0.717, 1.165) is 11.3 Å². The van der Waals surface area contributed by atoms with Crippen molar-refractivity contribution in [2.75, 3.05) is 11.9 Å². The topological polar surface area (TPSA) is 77.0 Å². The number of nitrogens with zero attached hydrogens (tertiary/aromatic N) is 3. The standard InChI is InChI=1S/C16H20N4O2/c1-4-22-15(21)10-12(3)18-14-9-11(2)19-16(20-14)13-5-7-17-8-6-13/h5-9,12H,4,10H2,1-3H3,(H,18,19,20). The van der Waals surface area contributed by atoms with E-state index in [1.807, 2.05) is 32.0 Å². The maximum Gasteiger partial charge on any atom is 0.307 e. The molecule has 2 aromatic rings. The number of esters is 1. The monoisotopic (exact) mass is 300 g/mol. The maximum atomic E-state index is 11.5. The van der Waals surface area contributed by atoms with Crippen LogP contribution in [-0.4, -0.2) is 33.6 Å². The molecule has 0 amide bonds. The van der Waals surface area contributed by atoms with Gasteiger partial charge in [-0.1, -0.05) is 0 Å². The quantitative estimate of drug-likeness (QED) is 0.826. The Balaban J connectivity index is 2.12. The van der Waals surface area contributed by atoms with Crippen molar-refractivity contribution in [1.29, 1.82) is 0 Å². The van der Waals surface area contributed by atoms with Gasteiger partial charge in [-0.3, -0.25) is 9.78 Å². The number of carbonyl (C=O) groups excluding carboxylic acids is 1. The van der Waals surface area contributed by atoms with Crippen molar-refractivity contribution in [3.8, 4) is 11.4 Å². The summed E-state index contributed by atoms with van der Waals surface area (Å²) in [6.07, 6.45) is 3.70. The van der Waals surface area contributed by atoms with Gasteiger partial charge in [0.25, 0.3) is 0 Å². The highest BCUT2D eigenvalue weighted by Gasteiger charge is 2.12. The third kappa shape index (κ3) is 4.51. The third-order valence-corrected chi connectivity index (χ3v) is 2.97. The molecule has 2 rings (SSSR count). The first kappa shape index (κ1) is 15.9. The zero-order chi connectivity index (χ0) is 15.9. The zero-order valence-corrected chi connectivity index (χ0v) is 13.0. The molecule has 22 heavy (non-hydrogen) atoms. The summed E-state index contributed by atoms with van der Waals surface area (Å²) < 4.78 is 4.95. The summed E-state index contributed by atoms with van der Waals surface area (Å²) in [7, 11) is 0. The fourth-order valence-corrected chi connectivity index (χ4v) is 2.05. The lowest BCUT2D eigenvalue weighted by atomic mass is 10.2. The molecule has 6 nitrogen and oxygen atoms in total. The number of rotatable bonds is 6. The highest BCUT2D eigenvalue weighted by atomic mass is 16.5. The van der Waals surface area contributed by atoms with Gasteiger partial charge in [0.05, 0.1) is 13.0 Å². The molecule has 0 spiro atoms. The molecule has 0 saturated carbocycles.